The third-order valence-electron chi connectivity index (χ3n) is 1.54. The van der Waals surface area contributed by atoms with E-state index in [0.717, 1.165) is 12.8 Å². The number of nitrogens with one attached hydrogen (secondary N) is 1. The summed E-state index contributed by atoms with van der Waals surface area (Å²) in [5, 5.41) is 2.61. The summed E-state index contributed by atoms with van der Waals surface area (Å²) in [6.45, 7) is 0.685. The molecule has 0 aromatic heterocycles. The average Bonchev–Trinajstić information content (AvgIpc) is 2.13. The zero-order chi connectivity index (χ0) is 7.40. The van der Waals surface area contributed by atoms with Crippen LogP contribution in [0.15, 0.2) is 5.57 Å². The maximum Gasteiger partial charge on any atom is 0.258 e. The fourth-order valence-corrected chi connectivity index (χ4v) is 0.946. The maximum atomic E-state index is 10.8. The van der Waals surface area contributed by atoms with Crippen molar-refractivity contribution in [3.63, 3.8) is 0 Å². The predicted molar refractivity (Wildman–Crippen MR) is 36.1 cm³/mol. The number of carbonyl (C=O) groups is 1. The van der Waals surface area contributed by atoms with Gasteiger partial charge in [-0.25, -0.2) is 4.79 Å². The molecule has 0 aliphatic carbocycles. The van der Waals surface area contributed by atoms with Gasteiger partial charge in [0.15, 0.2) is 0 Å². The van der Waals surface area contributed by atoms with Gasteiger partial charge in [0.1, 0.15) is 11.5 Å². The third-order valence-corrected chi connectivity index (χ3v) is 1.54. The Labute approximate surface area is 59.1 Å². The van der Waals surface area contributed by atoms with Gasteiger partial charge in [-0.2, -0.15) is 0 Å². The minimum absolute atomic E-state index is 0.243. The van der Waals surface area contributed by atoms with Gasteiger partial charge in [0, 0.05) is 6.54 Å². The quantitative estimate of drug-likeness (QED) is 0.380. The van der Waals surface area contributed by atoms with Gasteiger partial charge in [-0.15, -0.1) is 0 Å². The number of hydrogen-bond acceptors (Lipinski definition) is 2. The molecule has 3 nitrogen and oxygen atoms in total. The molecule has 10 heavy (non-hydrogen) atoms. The zero-order valence-corrected chi connectivity index (χ0v) is 5.64. The fourth-order valence-electron chi connectivity index (χ4n) is 0.946. The van der Waals surface area contributed by atoms with E-state index in [2.05, 4.69) is 5.32 Å². The van der Waals surface area contributed by atoms with Gasteiger partial charge in [0.25, 0.3) is 5.91 Å². The largest absolute Gasteiger partial charge is 0.352 e. The van der Waals surface area contributed by atoms with Crippen molar-refractivity contribution in [3.05, 3.63) is 5.57 Å². The van der Waals surface area contributed by atoms with E-state index in [1.54, 1.807) is 5.94 Å². The normalized spacial score (nSPS) is 19.2. The number of carbonyl (C=O) groups excluding carboxylic acids is 2. The Morgan fingerprint density at radius 2 is 2.20 bits per heavy atom. The lowest BCUT2D eigenvalue weighted by atomic mass is 10.1. The van der Waals surface area contributed by atoms with Crippen molar-refractivity contribution < 1.29 is 9.59 Å². The standard InChI is InChI=1S/C7H9NO2/c9-5-6-3-1-2-4-8-7(6)10/h1-4H2,(H,8,10). The lowest BCUT2D eigenvalue weighted by molar-refractivity contribution is -0.117. The average molecular weight is 139 g/mol. The molecule has 1 aliphatic rings. The van der Waals surface area contributed by atoms with Crippen molar-refractivity contribution in [3.8, 4) is 0 Å². The van der Waals surface area contributed by atoms with Gasteiger partial charge in [0.2, 0.25) is 0 Å². The van der Waals surface area contributed by atoms with Crippen molar-refractivity contribution in [2.24, 2.45) is 0 Å². The molecular weight excluding hydrogens is 130 g/mol. The van der Waals surface area contributed by atoms with Crippen LogP contribution in [0.3, 0.4) is 0 Å². The topological polar surface area (TPSA) is 46.2 Å². The highest BCUT2D eigenvalue weighted by atomic mass is 16.2. The Kier molecular flexibility index (Phi) is 2.24. The molecule has 1 amide bonds. The SMILES string of the molecule is O=C=C1CCCCNC1=O. The van der Waals surface area contributed by atoms with Gasteiger partial charge < -0.3 is 5.32 Å². The zero-order valence-electron chi connectivity index (χ0n) is 5.64. The molecule has 1 heterocycles. The van der Waals surface area contributed by atoms with Gasteiger partial charge in [-0.05, 0) is 19.3 Å². The summed E-state index contributed by atoms with van der Waals surface area (Å²) in [6.07, 6.45) is 2.44. The first-order valence-electron chi connectivity index (χ1n) is 3.37. The Morgan fingerprint density at radius 1 is 1.40 bits per heavy atom. The summed E-state index contributed by atoms with van der Waals surface area (Å²) in [5.41, 5.74) is 0.262. The van der Waals surface area contributed by atoms with E-state index in [1.165, 1.54) is 0 Å². The Hall–Kier alpha value is -1.08. The van der Waals surface area contributed by atoms with Gasteiger partial charge in [-0.1, -0.05) is 0 Å². The molecule has 1 saturated heterocycles. The van der Waals surface area contributed by atoms with Crippen molar-refractivity contribution >= 4 is 11.8 Å². The minimum Gasteiger partial charge on any atom is -0.352 e. The molecule has 1 aliphatic heterocycles. The maximum absolute atomic E-state index is 10.8. The molecule has 0 aromatic rings. The summed E-state index contributed by atoms with van der Waals surface area (Å²) in [5.74, 6) is 1.41. The smallest absolute Gasteiger partial charge is 0.258 e. The molecule has 0 saturated carbocycles. The lowest BCUT2D eigenvalue weighted by Gasteiger charge is -1.95. The van der Waals surface area contributed by atoms with E-state index >= 15 is 0 Å². The van der Waals surface area contributed by atoms with Crippen molar-refractivity contribution in [1.82, 2.24) is 5.32 Å². The highest BCUT2D eigenvalue weighted by molar-refractivity contribution is 6.00. The van der Waals surface area contributed by atoms with Gasteiger partial charge in [-0.3, -0.25) is 4.79 Å². The van der Waals surface area contributed by atoms with Crippen LogP contribution < -0.4 is 5.32 Å². The number of hydrogen-bond donors (Lipinski definition) is 1. The molecule has 1 rings (SSSR count). The fraction of sp³-hybridized carbons (Fsp3) is 0.571. The Balaban J connectivity index is 2.70. The van der Waals surface area contributed by atoms with Gasteiger partial charge in [0.05, 0.1) is 0 Å². The number of rotatable bonds is 0. The molecular formula is C7H9NO2. The van der Waals surface area contributed by atoms with Crippen molar-refractivity contribution in [2.45, 2.75) is 19.3 Å². The Bertz CT molecular complexity index is 192. The molecule has 0 radical (unpaired) electrons. The van der Waals surface area contributed by atoms with E-state index in [1.807, 2.05) is 0 Å². The third kappa shape index (κ3) is 1.45. The molecule has 1 N–H and O–H groups in total. The highest BCUT2D eigenvalue weighted by Gasteiger charge is 2.12. The van der Waals surface area contributed by atoms with Crippen LogP contribution in [-0.2, 0) is 9.59 Å². The van der Waals surface area contributed by atoms with Crippen LogP contribution in [0.4, 0.5) is 0 Å². The van der Waals surface area contributed by atoms with E-state index in [-0.39, 0.29) is 11.5 Å². The lowest BCUT2D eigenvalue weighted by Crippen LogP contribution is -2.23. The summed E-state index contributed by atoms with van der Waals surface area (Å²) >= 11 is 0. The van der Waals surface area contributed by atoms with Crippen LogP contribution in [0.5, 0.6) is 0 Å². The molecule has 0 bridgehead atoms. The molecule has 54 valence electrons. The predicted octanol–water partition coefficient (Wildman–Crippen LogP) is 0.0445. The molecule has 1 fully saturated rings. The van der Waals surface area contributed by atoms with E-state index in [9.17, 15) is 9.59 Å². The van der Waals surface area contributed by atoms with E-state index in [0.29, 0.717) is 13.0 Å². The van der Waals surface area contributed by atoms with Crippen LogP contribution in [0.25, 0.3) is 0 Å². The highest BCUT2D eigenvalue weighted by Crippen LogP contribution is 2.07. The summed E-state index contributed by atoms with van der Waals surface area (Å²) in [6, 6.07) is 0. The molecule has 0 unspecified atom stereocenters. The molecule has 3 heteroatoms. The van der Waals surface area contributed by atoms with Gasteiger partial charge >= 0.3 is 0 Å². The van der Waals surface area contributed by atoms with Crippen molar-refractivity contribution in [2.75, 3.05) is 6.54 Å². The second kappa shape index (κ2) is 3.18. The second-order valence-electron chi connectivity index (χ2n) is 2.29. The first kappa shape index (κ1) is 7.03. The number of amides is 1. The summed E-state index contributed by atoms with van der Waals surface area (Å²) < 4.78 is 0. The molecule has 0 atom stereocenters. The second-order valence-corrected chi connectivity index (χ2v) is 2.29. The summed E-state index contributed by atoms with van der Waals surface area (Å²) in [7, 11) is 0. The van der Waals surface area contributed by atoms with E-state index < -0.39 is 0 Å². The monoisotopic (exact) mass is 139 g/mol. The van der Waals surface area contributed by atoms with Crippen LogP contribution in [-0.4, -0.2) is 18.4 Å². The van der Waals surface area contributed by atoms with Crippen LogP contribution >= 0.6 is 0 Å². The van der Waals surface area contributed by atoms with Crippen LogP contribution in [0.2, 0.25) is 0 Å². The van der Waals surface area contributed by atoms with E-state index in [4.69, 9.17) is 0 Å². The first-order valence-corrected chi connectivity index (χ1v) is 3.37. The Morgan fingerprint density at radius 3 is 2.90 bits per heavy atom. The van der Waals surface area contributed by atoms with Crippen LogP contribution in [0, 0.1) is 0 Å². The van der Waals surface area contributed by atoms with Crippen LogP contribution in [0.1, 0.15) is 19.3 Å². The summed E-state index contributed by atoms with van der Waals surface area (Å²) in [4.78, 5) is 20.9. The molecule has 0 spiro atoms. The molecule has 0 aromatic carbocycles. The van der Waals surface area contributed by atoms with Crippen molar-refractivity contribution in [1.29, 1.82) is 0 Å². The first-order chi connectivity index (χ1) is 4.84. The minimum atomic E-state index is -0.243.